The zero-order chi connectivity index (χ0) is 19.9. The van der Waals surface area contributed by atoms with Crippen molar-refractivity contribution in [3.05, 3.63) is 70.7 Å². The molecule has 1 N–H and O–H groups in total. The molecule has 0 spiro atoms. The lowest BCUT2D eigenvalue weighted by molar-refractivity contribution is -0.124. The lowest BCUT2D eigenvalue weighted by atomic mass is 10.2. The molecule has 3 aromatic rings. The van der Waals surface area contributed by atoms with E-state index in [0.717, 1.165) is 16.1 Å². The van der Waals surface area contributed by atoms with Gasteiger partial charge >= 0.3 is 5.97 Å². The molecular formula is C21H20N2O4S. The number of carbonyl (C=O) groups excluding carboxylic acids is 2. The summed E-state index contributed by atoms with van der Waals surface area (Å²) < 4.78 is 10.3. The number of carbonyl (C=O) groups is 2. The molecule has 0 aliphatic heterocycles. The van der Waals surface area contributed by atoms with Gasteiger partial charge in [-0.3, -0.25) is 4.79 Å². The van der Waals surface area contributed by atoms with E-state index in [1.165, 1.54) is 11.3 Å². The third kappa shape index (κ3) is 4.95. The van der Waals surface area contributed by atoms with Crippen LogP contribution in [0.5, 0.6) is 5.75 Å². The number of nitrogens with zero attached hydrogens (tertiary/aromatic N) is 1. The minimum atomic E-state index is -0.547. The number of hydrogen-bond acceptors (Lipinski definition) is 6. The summed E-state index contributed by atoms with van der Waals surface area (Å²) in [5.41, 5.74) is 2.42. The average Bonchev–Trinajstić information content (AvgIpc) is 3.13. The summed E-state index contributed by atoms with van der Waals surface area (Å²) in [5.74, 6) is -0.205. The molecule has 0 aliphatic rings. The van der Waals surface area contributed by atoms with Gasteiger partial charge < -0.3 is 14.8 Å². The second-order valence-electron chi connectivity index (χ2n) is 6.00. The summed E-state index contributed by atoms with van der Waals surface area (Å²) >= 11 is 1.26. The van der Waals surface area contributed by atoms with Crippen LogP contribution in [0, 0.1) is 6.92 Å². The summed E-state index contributed by atoms with van der Waals surface area (Å²) in [5, 5.41) is 3.46. The van der Waals surface area contributed by atoms with Crippen LogP contribution in [-0.2, 0) is 16.1 Å². The SMILES string of the molecule is COc1cccc(CNC(=O)COC(=O)c2sc(-c3ccccc3)nc2C)c1. The Balaban J connectivity index is 1.53. The van der Waals surface area contributed by atoms with Crippen LogP contribution in [-0.4, -0.2) is 30.6 Å². The lowest BCUT2D eigenvalue weighted by Gasteiger charge is -2.07. The Kier molecular flexibility index (Phi) is 6.39. The Labute approximate surface area is 167 Å². The molecule has 7 heteroatoms. The molecule has 28 heavy (non-hydrogen) atoms. The molecule has 0 unspecified atom stereocenters. The Morgan fingerprint density at radius 1 is 1.11 bits per heavy atom. The summed E-state index contributed by atoms with van der Waals surface area (Å²) in [4.78, 5) is 29.1. The first-order valence-corrected chi connectivity index (χ1v) is 9.48. The standard InChI is InChI=1S/C21H20N2O4S/c1-14-19(28-20(23-14)16-8-4-3-5-9-16)21(25)27-13-18(24)22-12-15-7-6-10-17(11-15)26-2/h3-11H,12-13H2,1-2H3,(H,22,24). The highest BCUT2D eigenvalue weighted by molar-refractivity contribution is 7.17. The number of benzene rings is 2. The number of rotatable bonds is 7. The maximum Gasteiger partial charge on any atom is 0.350 e. The molecule has 0 saturated heterocycles. The van der Waals surface area contributed by atoms with Gasteiger partial charge in [-0.2, -0.15) is 0 Å². The minimum absolute atomic E-state index is 0.325. The van der Waals surface area contributed by atoms with Gasteiger partial charge in [0, 0.05) is 12.1 Å². The van der Waals surface area contributed by atoms with Gasteiger partial charge in [0.25, 0.3) is 5.91 Å². The van der Waals surface area contributed by atoms with Crippen molar-refractivity contribution in [2.45, 2.75) is 13.5 Å². The van der Waals surface area contributed by atoms with Crippen LogP contribution in [0.25, 0.3) is 10.6 Å². The van der Waals surface area contributed by atoms with Crippen molar-refractivity contribution < 1.29 is 19.1 Å². The zero-order valence-corrected chi connectivity index (χ0v) is 16.4. The average molecular weight is 396 g/mol. The summed E-state index contributed by atoms with van der Waals surface area (Å²) in [6.45, 7) is 1.73. The molecule has 6 nitrogen and oxygen atoms in total. The Hall–Kier alpha value is -3.19. The van der Waals surface area contributed by atoms with Gasteiger partial charge in [0.2, 0.25) is 0 Å². The van der Waals surface area contributed by atoms with Gasteiger partial charge in [-0.15, -0.1) is 11.3 Å². The number of aromatic nitrogens is 1. The van der Waals surface area contributed by atoms with E-state index in [1.54, 1.807) is 14.0 Å². The predicted octanol–water partition coefficient (Wildman–Crippen LogP) is 3.60. The van der Waals surface area contributed by atoms with Crippen LogP contribution in [0.4, 0.5) is 0 Å². The largest absolute Gasteiger partial charge is 0.497 e. The predicted molar refractivity (Wildman–Crippen MR) is 107 cm³/mol. The normalized spacial score (nSPS) is 10.4. The van der Waals surface area contributed by atoms with Crippen molar-refractivity contribution in [1.82, 2.24) is 10.3 Å². The van der Waals surface area contributed by atoms with Crippen LogP contribution in [0.1, 0.15) is 20.9 Å². The van der Waals surface area contributed by atoms with Crippen LogP contribution in [0.2, 0.25) is 0 Å². The molecule has 1 heterocycles. The molecule has 1 amide bonds. The fourth-order valence-corrected chi connectivity index (χ4v) is 3.49. The Morgan fingerprint density at radius 3 is 2.64 bits per heavy atom. The molecular weight excluding hydrogens is 376 g/mol. The van der Waals surface area contributed by atoms with E-state index < -0.39 is 5.97 Å². The van der Waals surface area contributed by atoms with Gasteiger partial charge in [0.1, 0.15) is 15.6 Å². The second-order valence-corrected chi connectivity index (χ2v) is 7.00. The fourth-order valence-electron chi connectivity index (χ4n) is 2.52. The van der Waals surface area contributed by atoms with E-state index in [-0.39, 0.29) is 12.5 Å². The molecule has 3 rings (SSSR count). The van der Waals surface area contributed by atoms with E-state index in [0.29, 0.717) is 22.9 Å². The minimum Gasteiger partial charge on any atom is -0.497 e. The monoisotopic (exact) mass is 396 g/mol. The molecule has 2 aromatic carbocycles. The Bertz CT molecular complexity index is 970. The molecule has 1 aromatic heterocycles. The molecule has 0 radical (unpaired) electrons. The number of ether oxygens (including phenoxy) is 2. The van der Waals surface area contributed by atoms with Gasteiger partial charge in [0.05, 0.1) is 12.8 Å². The first-order chi connectivity index (χ1) is 13.6. The zero-order valence-electron chi connectivity index (χ0n) is 15.6. The Morgan fingerprint density at radius 2 is 1.89 bits per heavy atom. The molecule has 0 saturated carbocycles. The molecule has 0 fully saturated rings. The number of thiazole rings is 1. The van der Waals surface area contributed by atoms with Crippen molar-refractivity contribution in [3.63, 3.8) is 0 Å². The van der Waals surface area contributed by atoms with Crippen LogP contribution >= 0.6 is 11.3 Å². The molecule has 0 aliphatic carbocycles. The van der Waals surface area contributed by atoms with Gasteiger partial charge in [-0.25, -0.2) is 9.78 Å². The van der Waals surface area contributed by atoms with Crippen molar-refractivity contribution in [2.24, 2.45) is 0 Å². The summed E-state index contributed by atoms with van der Waals surface area (Å²) in [6, 6.07) is 17.0. The highest BCUT2D eigenvalue weighted by atomic mass is 32.1. The molecule has 0 bridgehead atoms. The second kappa shape index (κ2) is 9.14. The van der Waals surface area contributed by atoms with E-state index in [9.17, 15) is 9.59 Å². The van der Waals surface area contributed by atoms with Crippen molar-refractivity contribution in [1.29, 1.82) is 0 Å². The highest BCUT2D eigenvalue weighted by Crippen LogP contribution is 2.28. The van der Waals surface area contributed by atoms with E-state index in [2.05, 4.69) is 10.3 Å². The maximum absolute atomic E-state index is 12.3. The van der Waals surface area contributed by atoms with Crippen molar-refractivity contribution in [3.8, 4) is 16.3 Å². The van der Waals surface area contributed by atoms with E-state index >= 15 is 0 Å². The molecule has 144 valence electrons. The van der Waals surface area contributed by atoms with Gasteiger partial charge in [-0.05, 0) is 24.6 Å². The molecule has 0 atom stereocenters. The first kappa shape index (κ1) is 19.6. The van der Waals surface area contributed by atoms with Crippen LogP contribution < -0.4 is 10.1 Å². The van der Waals surface area contributed by atoms with E-state index in [4.69, 9.17) is 9.47 Å². The lowest BCUT2D eigenvalue weighted by Crippen LogP contribution is -2.28. The third-order valence-corrected chi connectivity index (χ3v) is 5.15. The number of methoxy groups -OCH3 is 1. The van der Waals surface area contributed by atoms with Crippen molar-refractivity contribution in [2.75, 3.05) is 13.7 Å². The topological polar surface area (TPSA) is 77.5 Å². The van der Waals surface area contributed by atoms with Gasteiger partial charge in [0.15, 0.2) is 6.61 Å². The number of hydrogen-bond donors (Lipinski definition) is 1. The number of amides is 1. The van der Waals surface area contributed by atoms with E-state index in [1.807, 2.05) is 54.6 Å². The maximum atomic E-state index is 12.3. The van der Waals surface area contributed by atoms with Crippen LogP contribution in [0.3, 0.4) is 0 Å². The number of nitrogens with one attached hydrogen (secondary N) is 1. The highest BCUT2D eigenvalue weighted by Gasteiger charge is 2.18. The fraction of sp³-hybridized carbons (Fsp3) is 0.190. The van der Waals surface area contributed by atoms with Gasteiger partial charge in [-0.1, -0.05) is 42.5 Å². The van der Waals surface area contributed by atoms with Crippen molar-refractivity contribution >= 4 is 23.2 Å². The number of esters is 1. The smallest absolute Gasteiger partial charge is 0.350 e. The summed E-state index contributed by atoms with van der Waals surface area (Å²) in [6.07, 6.45) is 0. The third-order valence-electron chi connectivity index (χ3n) is 3.96. The quantitative estimate of drug-likeness (QED) is 0.618. The summed E-state index contributed by atoms with van der Waals surface area (Å²) in [7, 11) is 1.59. The van der Waals surface area contributed by atoms with Crippen LogP contribution in [0.15, 0.2) is 54.6 Å². The number of aryl methyl sites for hydroxylation is 1. The first-order valence-electron chi connectivity index (χ1n) is 8.66.